The van der Waals surface area contributed by atoms with Gasteiger partial charge in [-0.05, 0) is 75.2 Å². The van der Waals surface area contributed by atoms with E-state index in [-0.39, 0.29) is 23.5 Å². The Labute approximate surface area is 145 Å². The number of nitrogens with one attached hydrogen (secondary N) is 1. The summed E-state index contributed by atoms with van der Waals surface area (Å²) in [4.78, 5) is 14.3. The fraction of sp³-hybridized carbons (Fsp3) is 0.944. The predicted octanol–water partition coefficient (Wildman–Crippen LogP) is 1.44. The fourth-order valence-electron chi connectivity index (χ4n) is 6.33. The molecular formula is C18H30N2O3S. The Balaban J connectivity index is 1.28. The lowest BCUT2D eigenvalue weighted by Gasteiger charge is -2.56. The third-order valence-electron chi connectivity index (χ3n) is 7.05. The normalized spacial score (nSPS) is 42.6. The van der Waals surface area contributed by atoms with E-state index >= 15 is 0 Å². The van der Waals surface area contributed by atoms with Crippen LogP contribution in [0.2, 0.25) is 0 Å². The van der Waals surface area contributed by atoms with Crippen molar-refractivity contribution in [1.29, 1.82) is 0 Å². The number of hydrogen-bond donors (Lipinski definition) is 1. The lowest BCUT2D eigenvalue weighted by Crippen LogP contribution is -2.52. The van der Waals surface area contributed by atoms with Crippen molar-refractivity contribution < 1.29 is 13.2 Å². The van der Waals surface area contributed by atoms with E-state index in [1.807, 2.05) is 11.9 Å². The van der Waals surface area contributed by atoms with Gasteiger partial charge in [0, 0.05) is 12.6 Å². The molecule has 5 aliphatic rings. The van der Waals surface area contributed by atoms with Gasteiger partial charge in [-0.3, -0.25) is 9.69 Å². The molecular weight excluding hydrogens is 324 g/mol. The van der Waals surface area contributed by atoms with Gasteiger partial charge in [-0.25, -0.2) is 8.42 Å². The molecule has 1 N–H and O–H groups in total. The zero-order valence-electron chi connectivity index (χ0n) is 14.7. The average molecular weight is 355 g/mol. The van der Waals surface area contributed by atoms with Gasteiger partial charge in [0.15, 0.2) is 9.84 Å². The number of carbonyl (C=O) groups excluding carboxylic acids is 1. The second-order valence-electron chi connectivity index (χ2n) is 9.17. The van der Waals surface area contributed by atoms with E-state index in [2.05, 4.69) is 5.32 Å². The Kier molecular flexibility index (Phi) is 4.19. The van der Waals surface area contributed by atoms with Crippen molar-refractivity contribution in [3.63, 3.8) is 0 Å². The number of hydrogen-bond acceptors (Lipinski definition) is 4. The van der Waals surface area contributed by atoms with Gasteiger partial charge in [-0.2, -0.15) is 0 Å². The second-order valence-corrected chi connectivity index (χ2v) is 11.4. The summed E-state index contributed by atoms with van der Waals surface area (Å²) >= 11 is 0. The van der Waals surface area contributed by atoms with Gasteiger partial charge in [0.25, 0.3) is 0 Å². The zero-order chi connectivity index (χ0) is 16.9. The van der Waals surface area contributed by atoms with Gasteiger partial charge < -0.3 is 5.32 Å². The Bertz CT molecular complexity index is 580. The van der Waals surface area contributed by atoms with Gasteiger partial charge in [0.2, 0.25) is 5.91 Å². The van der Waals surface area contributed by atoms with E-state index in [1.54, 1.807) is 0 Å². The molecule has 0 unspecified atom stereocenters. The minimum absolute atomic E-state index is 0.000277. The van der Waals surface area contributed by atoms with Gasteiger partial charge in [0.05, 0.1) is 18.1 Å². The third-order valence-corrected chi connectivity index (χ3v) is 8.80. The highest BCUT2D eigenvalue weighted by molar-refractivity contribution is 7.91. The summed E-state index contributed by atoms with van der Waals surface area (Å²) < 4.78 is 23.2. The maximum Gasteiger partial charge on any atom is 0.234 e. The van der Waals surface area contributed by atoms with Crippen LogP contribution < -0.4 is 5.32 Å². The van der Waals surface area contributed by atoms with E-state index in [0.29, 0.717) is 18.4 Å². The summed E-state index contributed by atoms with van der Waals surface area (Å²) in [5.41, 5.74) is 0.361. The van der Waals surface area contributed by atoms with Crippen LogP contribution in [0.1, 0.15) is 44.9 Å². The molecule has 4 saturated carbocycles. The standard InChI is InChI=1S/C18H30N2O3S/c1-20(16-2-3-24(22,23)11-16)10-17(21)19-12-18-7-13-4-14(8-18)6-15(5-13)9-18/h13-16H,2-12H2,1H3,(H,19,21)/t13?,14?,15?,16-,18?/m1/s1. The molecule has 1 atom stereocenters. The lowest BCUT2D eigenvalue weighted by molar-refractivity contribution is -0.124. The number of nitrogens with zero attached hydrogens (tertiary/aromatic N) is 1. The number of carbonyl (C=O) groups is 1. The summed E-state index contributed by atoms with van der Waals surface area (Å²) in [6.45, 7) is 1.14. The summed E-state index contributed by atoms with van der Waals surface area (Å²) in [6.07, 6.45) is 8.83. The van der Waals surface area contributed by atoms with Crippen LogP contribution in [0.5, 0.6) is 0 Å². The molecule has 1 heterocycles. The van der Waals surface area contributed by atoms with Gasteiger partial charge in [-0.1, -0.05) is 0 Å². The van der Waals surface area contributed by atoms with Crippen LogP contribution in [0.3, 0.4) is 0 Å². The Morgan fingerprint density at radius 1 is 1.12 bits per heavy atom. The molecule has 5 rings (SSSR count). The van der Waals surface area contributed by atoms with Crippen molar-refractivity contribution >= 4 is 15.7 Å². The monoisotopic (exact) mass is 354 g/mol. The molecule has 1 amide bonds. The van der Waals surface area contributed by atoms with Gasteiger partial charge in [-0.15, -0.1) is 0 Å². The SMILES string of the molecule is CN(CC(=O)NCC12CC3CC(CC(C3)C1)C2)[C@@H]1CCS(=O)(=O)C1. The molecule has 0 spiro atoms. The molecule has 136 valence electrons. The molecule has 1 saturated heterocycles. The summed E-state index contributed by atoms with van der Waals surface area (Å²) in [7, 11) is -1.02. The third kappa shape index (κ3) is 3.36. The van der Waals surface area contributed by atoms with Crippen molar-refractivity contribution in [2.45, 2.75) is 51.0 Å². The smallest absolute Gasteiger partial charge is 0.234 e. The minimum atomic E-state index is -2.89. The van der Waals surface area contributed by atoms with Crippen LogP contribution in [0.15, 0.2) is 0 Å². The lowest BCUT2D eigenvalue weighted by atomic mass is 9.49. The summed E-state index contributed by atoms with van der Waals surface area (Å²) in [6, 6.07) is 0.000277. The first-order valence-corrected chi connectivity index (χ1v) is 11.3. The molecule has 6 heteroatoms. The first-order valence-electron chi connectivity index (χ1n) is 9.50. The van der Waals surface area contributed by atoms with Crippen molar-refractivity contribution in [3.05, 3.63) is 0 Å². The van der Waals surface area contributed by atoms with Gasteiger partial charge in [0.1, 0.15) is 0 Å². The van der Waals surface area contributed by atoms with Crippen molar-refractivity contribution in [2.24, 2.45) is 23.2 Å². The number of sulfone groups is 1. The predicted molar refractivity (Wildman–Crippen MR) is 93.3 cm³/mol. The van der Waals surface area contributed by atoms with Crippen molar-refractivity contribution in [3.8, 4) is 0 Å². The Morgan fingerprint density at radius 2 is 1.71 bits per heavy atom. The molecule has 4 bridgehead atoms. The molecule has 5 nitrogen and oxygen atoms in total. The first kappa shape index (κ1) is 16.8. The van der Waals surface area contributed by atoms with Crippen LogP contribution in [0, 0.1) is 23.2 Å². The van der Waals surface area contributed by atoms with Crippen LogP contribution in [-0.2, 0) is 14.6 Å². The molecule has 0 radical (unpaired) electrons. The van der Waals surface area contributed by atoms with E-state index in [1.165, 1.54) is 38.5 Å². The fourth-order valence-corrected chi connectivity index (χ4v) is 8.13. The van der Waals surface area contributed by atoms with Crippen LogP contribution in [0.4, 0.5) is 0 Å². The maximum atomic E-state index is 12.4. The second kappa shape index (κ2) is 5.97. The Hall–Kier alpha value is -0.620. The van der Waals surface area contributed by atoms with Crippen molar-refractivity contribution in [2.75, 3.05) is 31.6 Å². The van der Waals surface area contributed by atoms with Gasteiger partial charge >= 0.3 is 0 Å². The molecule has 4 aliphatic carbocycles. The van der Waals surface area contributed by atoms with Crippen molar-refractivity contribution in [1.82, 2.24) is 10.2 Å². The number of rotatable bonds is 5. The molecule has 24 heavy (non-hydrogen) atoms. The summed E-state index contributed by atoms with van der Waals surface area (Å²) in [5.74, 6) is 3.22. The number of amides is 1. The van der Waals surface area contributed by atoms with Crippen LogP contribution in [-0.4, -0.2) is 56.9 Å². The zero-order valence-corrected chi connectivity index (χ0v) is 15.5. The van der Waals surface area contributed by atoms with Crippen LogP contribution >= 0.6 is 0 Å². The van der Waals surface area contributed by atoms with E-state index < -0.39 is 9.84 Å². The average Bonchev–Trinajstić information content (AvgIpc) is 2.84. The molecule has 1 aliphatic heterocycles. The molecule has 0 aromatic carbocycles. The molecule has 0 aromatic heterocycles. The highest BCUT2D eigenvalue weighted by atomic mass is 32.2. The van der Waals surface area contributed by atoms with E-state index in [0.717, 1.165) is 24.3 Å². The summed E-state index contributed by atoms with van der Waals surface area (Å²) in [5, 5.41) is 3.18. The Morgan fingerprint density at radius 3 is 2.21 bits per heavy atom. The highest BCUT2D eigenvalue weighted by Gasteiger charge is 2.50. The highest BCUT2D eigenvalue weighted by Crippen LogP contribution is 2.59. The number of likely N-dealkylation sites (N-methyl/N-ethyl adjacent to an activating group) is 1. The van der Waals surface area contributed by atoms with Crippen LogP contribution in [0.25, 0.3) is 0 Å². The minimum Gasteiger partial charge on any atom is -0.354 e. The van der Waals surface area contributed by atoms with E-state index in [9.17, 15) is 13.2 Å². The maximum absolute atomic E-state index is 12.4. The quantitative estimate of drug-likeness (QED) is 0.811. The largest absolute Gasteiger partial charge is 0.354 e. The van der Waals surface area contributed by atoms with E-state index in [4.69, 9.17) is 0 Å². The topological polar surface area (TPSA) is 66.5 Å². The first-order chi connectivity index (χ1) is 11.3. The molecule has 5 fully saturated rings. The molecule has 0 aromatic rings.